The molecule has 24 heavy (non-hydrogen) atoms. The number of nitrogens with one attached hydrogen (secondary N) is 1. The standard InChI is InChI=1S/C20H25NO2S/c1-14-7-6-10-18(17(14)4)21-19(22)13-24-12-11-23-20-15(2)8-5-9-16(20)3/h5-10H,11-13H2,1-4H3,(H,21,22). The Hall–Kier alpha value is -1.94. The van der Waals surface area contributed by atoms with E-state index in [2.05, 4.69) is 5.32 Å². The first-order chi connectivity index (χ1) is 11.5. The monoisotopic (exact) mass is 343 g/mol. The summed E-state index contributed by atoms with van der Waals surface area (Å²) in [6, 6.07) is 12.1. The number of aryl methyl sites for hydroxylation is 3. The Morgan fingerprint density at radius 2 is 1.62 bits per heavy atom. The zero-order chi connectivity index (χ0) is 17.5. The SMILES string of the molecule is Cc1cccc(NC(=O)CSCCOc2c(C)cccc2C)c1C. The zero-order valence-corrected chi connectivity index (χ0v) is 15.6. The van der Waals surface area contributed by atoms with E-state index in [1.165, 1.54) is 5.56 Å². The summed E-state index contributed by atoms with van der Waals surface area (Å²) in [5, 5.41) is 2.98. The Morgan fingerprint density at radius 3 is 2.33 bits per heavy atom. The summed E-state index contributed by atoms with van der Waals surface area (Å²) in [4.78, 5) is 12.0. The average molecular weight is 343 g/mol. The number of benzene rings is 2. The molecule has 0 bridgehead atoms. The highest BCUT2D eigenvalue weighted by molar-refractivity contribution is 7.99. The summed E-state index contributed by atoms with van der Waals surface area (Å²) in [7, 11) is 0. The highest BCUT2D eigenvalue weighted by atomic mass is 32.2. The van der Waals surface area contributed by atoms with Crippen LogP contribution in [0.1, 0.15) is 22.3 Å². The van der Waals surface area contributed by atoms with E-state index in [-0.39, 0.29) is 5.91 Å². The fourth-order valence-corrected chi connectivity index (χ4v) is 3.07. The lowest BCUT2D eigenvalue weighted by molar-refractivity contribution is -0.113. The Kier molecular flexibility index (Phi) is 6.73. The fourth-order valence-electron chi connectivity index (χ4n) is 2.47. The van der Waals surface area contributed by atoms with Crippen LogP contribution < -0.4 is 10.1 Å². The first kappa shape index (κ1) is 18.4. The molecule has 0 atom stereocenters. The van der Waals surface area contributed by atoms with E-state index in [0.717, 1.165) is 33.9 Å². The number of anilines is 1. The van der Waals surface area contributed by atoms with Gasteiger partial charge in [0, 0.05) is 11.4 Å². The van der Waals surface area contributed by atoms with Crippen LogP contribution in [-0.2, 0) is 4.79 Å². The van der Waals surface area contributed by atoms with Gasteiger partial charge in [-0.3, -0.25) is 4.79 Å². The van der Waals surface area contributed by atoms with Crippen molar-refractivity contribution in [3.8, 4) is 5.75 Å². The van der Waals surface area contributed by atoms with Crippen LogP contribution >= 0.6 is 11.8 Å². The third-order valence-corrected chi connectivity index (χ3v) is 4.92. The van der Waals surface area contributed by atoms with Gasteiger partial charge in [-0.2, -0.15) is 0 Å². The highest BCUT2D eigenvalue weighted by Gasteiger charge is 2.07. The first-order valence-corrected chi connectivity index (χ1v) is 9.27. The molecular formula is C20H25NO2S. The van der Waals surface area contributed by atoms with Crippen molar-refractivity contribution in [2.24, 2.45) is 0 Å². The minimum atomic E-state index is 0.0285. The lowest BCUT2D eigenvalue weighted by Crippen LogP contribution is -2.16. The highest BCUT2D eigenvalue weighted by Crippen LogP contribution is 2.22. The molecule has 0 aliphatic carbocycles. The number of carbonyl (C=O) groups is 1. The Morgan fingerprint density at radius 1 is 1.00 bits per heavy atom. The molecule has 0 saturated heterocycles. The normalized spacial score (nSPS) is 10.5. The van der Waals surface area contributed by atoms with Gasteiger partial charge in [0.1, 0.15) is 5.75 Å². The van der Waals surface area contributed by atoms with Gasteiger partial charge in [0.05, 0.1) is 12.4 Å². The molecule has 128 valence electrons. The third kappa shape index (κ3) is 5.03. The molecule has 0 unspecified atom stereocenters. The summed E-state index contributed by atoms with van der Waals surface area (Å²) in [6.45, 7) is 8.77. The number of ether oxygens (including phenoxy) is 1. The van der Waals surface area contributed by atoms with Crippen molar-refractivity contribution in [2.75, 3.05) is 23.4 Å². The molecule has 2 aromatic rings. The van der Waals surface area contributed by atoms with Crippen LogP contribution in [0.4, 0.5) is 5.69 Å². The van der Waals surface area contributed by atoms with Gasteiger partial charge in [-0.15, -0.1) is 11.8 Å². The van der Waals surface area contributed by atoms with Crippen molar-refractivity contribution >= 4 is 23.4 Å². The molecule has 1 amide bonds. The van der Waals surface area contributed by atoms with Gasteiger partial charge in [-0.1, -0.05) is 30.3 Å². The molecule has 0 heterocycles. The van der Waals surface area contributed by atoms with Crippen molar-refractivity contribution in [3.63, 3.8) is 0 Å². The Balaban J connectivity index is 1.72. The molecule has 0 aliphatic rings. The van der Waals surface area contributed by atoms with Crippen molar-refractivity contribution in [3.05, 3.63) is 58.7 Å². The van der Waals surface area contributed by atoms with Crippen LogP contribution in [0, 0.1) is 27.7 Å². The van der Waals surface area contributed by atoms with E-state index in [0.29, 0.717) is 12.4 Å². The second-order valence-corrected chi connectivity index (χ2v) is 7.02. The lowest BCUT2D eigenvalue weighted by atomic mass is 10.1. The van der Waals surface area contributed by atoms with Crippen LogP contribution in [0.25, 0.3) is 0 Å². The van der Waals surface area contributed by atoms with Crippen molar-refractivity contribution in [2.45, 2.75) is 27.7 Å². The maximum atomic E-state index is 12.0. The maximum absolute atomic E-state index is 12.0. The molecule has 4 heteroatoms. The smallest absolute Gasteiger partial charge is 0.234 e. The number of amides is 1. The van der Waals surface area contributed by atoms with Crippen molar-refractivity contribution < 1.29 is 9.53 Å². The molecule has 2 aromatic carbocycles. The van der Waals surface area contributed by atoms with Gasteiger partial charge in [0.2, 0.25) is 5.91 Å². The van der Waals surface area contributed by atoms with Crippen LogP contribution in [0.2, 0.25) is 0 Å². The summed E-state index contributed by atoms with van der Waals surface area (Å²) < 4.78 is 5.85. The van der Waals surface area contributed by atoms with Crippen LogP contribution in [0.15, 0.2) is 36.4 Å². The topological polar surface area (TPSA) is 38.3 Å². The molecule has 3 nitrogen and oxygen atoms in total. The lowest BCUT2D eigenvalue weighted by Gasteiger charge is -2.12. The van der Waals surface area contributed by atoms with E-state index in [9.17, 15) is 4.79 Å². The number of hydrogen-bond acceptors (Lipinski definition) is 3. The van der Waals surface area contributed by atoms with Crippen LogP contribution in [-0.4, -0.2) is 24.0 Å². The van der Waals surface area contributed by atoms with Gasteiger partial charge in [0.15, 0.2) is 0 Å². The van der Waals surface area contributed by atoms with Gasteiger partial charge in [0.25, 0.3) is 0 Å². The van der Waals surface area contributed by atoms with E-state index in [1.807, 2.05) is 64.1 Å². The minimum absolute atomic E-state index is 0.0285. The van der Waals surface area contributed by atoms with E-state index in [1.54, 1.807) is 11.8 Å². The molecule has 0 radical (unpaired) electrons. The fraction of sp³-hybridized carbons (Fsp3) is 0.350. The molecule has 1 N–H and O–H groups in total. The zero-order valence-electron chi connectivity index (χ0n) is 14.8. The summed E-state index contributed by atoms with van der Waals surface area (Å²) in [5.74, 6) is 2.20. The van der Waals surface area contributed by atoms with Gasteiger partial charge in [-0.25, -0.2) is 0 Å². The quantitative estimate of drug-likeness (QED) is 0.742. The van der Waals surface area contributed by atoms with Crippen molar-refractivity contribution in [1.29, 1.82) is 0 Å². The average Bonchev–Trinajstić information content (AvgIpc) is 2.54. The predicted octanol–water partition coefficient (Wildman–Crippen LogP) is 4.67. The first-order valence-electron chi connectivity index (χ1n) is 8.12. The number of hydrogen-bond donors (Lipinski definition) is 1. The Bertz CT molecular complexity index is 693. The molecule has 0 fully saturated rings. The van der Waals surface area contributed by atoms with E-state index in [4.69, 9.17) is 4.74 Å². The second-order valence-electron chi connectivity index (χ2n) is 5.92. The molecule has 0 saturated carbocycles. The molecule has 0 aliphatic heterocycles. The molecule has 0 spiro atoms. The summed E-state index contributed by atoms with van der Waals surface area (Å²) >= 11 is 1.58. The van der Waals surface area contributed by atoms with Gasteiger partial charge in [-0.05, 0) is 56.0 Å². The van der Waals surface area contributed by atoms with Gasteiger partial charge >= 0.3 is 0 Å². The Labute approximate surface area is 148 Å². The molecule has 0 aromatic heterocycles. The minimum Gasteiger partial charge on any atom is -0.492 e. The number of carbonyl (C=O) groups excluding carboxylic acids is 1. The van der Waals surface area contributed by atoms with E-state index >= 15 is 0 Å². The number of rotatable bonds is 7. The van der Waals surface area contributed by atoms with E-state index < -0.39 is 0 Å². The van der Waals surface area contributed by atoms with Gasteiger partial charge < -0.3 is 10.1 Å². The molecule has 2 rings (SSSR count). The largest absolute Gasteiger partial charge is 0.492 e. The molecular weight excluding hydrogens is 318 g/mol. The van der Waals surface area contributed by atoms with Crippen molar-refractivity contribution in [1.82, 2.24) is 0 Å². The third-order valence-electron chi connectivity index (χ3n) is 3.99. The second kappa shape index (κ2) is 8.78. The summed E-state index contributed by atoms with van der Waals surface area (Å²) in [6.07, 6.45) is 0. The number of thioether (sulfide) groups is 1. The van der Waals surface area contributed by atoms with Crippen LogP contribution in [0.3, 0.4) is 0 Å². The number of para-hydroxylation sites is 1. The summed E-state index contributed by atoms with van der Waals surface area (Å²) in [5.41, 5.74) is 5.49. The maximum Gasteiger partial charge on any atom is 0.234 e. The van der Waals surface area contributed by atoms with Crippen LogP contribution in [0.5, 0.6) is 5.75 Å². The predicted molar refractivity (Wildman–Crippen MR) is 103 cm³/mol.